The first-order chi connectivity index (χ1) is 9.67. The van der Waals surface area contributed by atoms with Gasteiger partial charge in [-0.1, -0.05) is 6.07 Å². The van der Waals surface area contributed by atoms with E-state index in [9.17, 15) is 15.0 Å². The number of amides is 1. The lowest BCUT2D eigenvalue weighted by Crippen LogP contribution is -2.54. The molecule has 1 amide bonds. The first kappa shape index (κ1) is 13.2. The molecular weight excluding hydrogens is 262 g/mol. The van der Waals surface area contributed by atoms with Crippen LogP contribution >= 0.6 is 0 Å². The van der Waals surface area contributed by atoms with Crippen LogP contribution in [0.15, 0.2) is 18.2 Å². The second-order valence-electron chi connectivity index (χ2n) is 5.25. The van der Waals surface area contributed by atoms with E-state index in [1.54, 1.807) is 6.07 Å². The molecular formula is C14H17NO5. The third-order valence-corrected chi connectivity index (χ3v) is 4.19. The maximum absolute atomic E-state index is 11.5. The van der Waals surface area contributed by atoms with Crippen LogP contribution in [-0.4, -0.2) is 34.4 Å². The number of aliphatic hydroxyl groups excluding tert-OH is 1. The van der Waals surface area contributed by atoms with Gasteiger partial charge in [0.2, 0.25) is 0 Å². The predicted octanol–water partition coefficient (Wildman–Crippen LogP) is 1.86. The van der Waals surface area contributed by atoms with Crippen LogP contribution in [0.4, 0.5) is 4.79 Å². The molecule has 20 heavy (non-hydrogen) atoms. The SMILES string of the molecule is O=C(O)N1CCCCC1(CO)c1ccc2c(c1)COO2. The number of benzene rings is 1. The molecule has 1 saturated heterocycles. The molecule has 2 heterocycles. The van der Waals surface area contributed by atoms with Gasteiger partial charge < -0.3 is 15.1 Å². The molecule has 0 bridgehead atoms. The number of piperidine rings is 1. The zero-order chi connectivity index (χ0) is 14.2. The summed E-state index contributed by atoms with van der Waals surface area (Å²) in [6, 6.07) is 5.45. The quantitative estimate of drug-likeness (QED) is 0.808. The number of hydrogen-bond acceptors (Lipinski definition) is 4. The van der Waals surface area contributed by atoms with Gasteiger partial charge in [0.05, 0.1) is 12.1 Å². The molecule has 3 rings (SSSR count). The average Bonchev–Trinajstić information content (AvgIpc) is 2.94. The summed E-state index contributed by atoms with van der Waals surface area (Å²) < 4.78 is 0. The van der Waals surface area contributed by atoms with Gasteiger partial charge in [0, 0.05) is 12.1 Å². The minimum Gasteiger partial charge on any atom is -0.465 e. The Hall–Kier alpha value is -1.79. The zero-order valence-corrected chi connectivity index (χ0v) is 11.0. The minimum absolute atomic E-state index is 0.222. The zero-order valence-electron chi connectivity index (χ0n) is 11.0. The molecule has 108 valence electrons. The van der Waals surface area contributed by atoms with Crippen LogP contribution in [0.25, 0.3) is 0 Å². The van der Waals surface area contributed by atoms with Crippen LogP contribution in [0.5, 0.6) is 5.75 Å². The largest absolute Gasteiger partial charge is 0.465 e. The summed E-state index contributed by atoms with van der Waals surface area (Å²) in [5.41, 5.74) is 0.822. The monoisotopic (exact) mass is 279 g/mol. The van der Waals surface area contributed by atoms with Crippen molar-refractivity contribution in [2.45, 2.75) is 31.4 Å². The maximum Gasteiger partial charge on any atom is 0.408 e. The van der Waals surface area contributed by atoms with Crippen LogP contribution in [-0.2, 0) is 17.0 Å². The van der Waals surface area contributed by atoms with E-state index in [1.165, 1.54) is 4.90 Å². The molecule has 0 aromatic heterocycles. The molecule has 1 fully saturated rings. The van der Waals surface area contributed by atoms with Crippen LogP contribution in [0.1, 0.15) is 30.4 Å². The Morgan fingerprint density at radius 3 is 3.00 bits per heavy atom. The van der Waals surface area contributed by atoms with Crippen molar-refractivity contribution < 1.29 is 24.8 Å². The summed E-state index contributed by atoms with van der Waals surface area (Å²) in [5.74, 6) is 0.652. The molecule has 0 saturated carbocycles. The van der Waals surface area contributed by atoms with Gasteiger partial charge >= 0.3 is 6.09 Å². The molecule has 1 aromatic rings. The third kappa shape index (κ3) is 1.92. The van der Waals surface area contributed by atoms with Crippen molar-refractivity contribution in [1.82, 2.24) is 4.90 Å². The highest BCUT2D eigenvalue weighted by molar-refractivity contribution is 5.67. The molecule has 1 aromatic carbocycles. The first-order valence-corrected chi connectivity index (χ1v) is 6.72. The topological polar surface area (TPSA) is 79.2 Å². The molecule has 2 aliphatic rings. The van der Waals surface area contributed by atoms with Gasteiger partial charge in [-0.05, 0) is 37.0 Å². The van der Waals surface area contributed by atoms with Crippen molar-refractivity contribution >= 4 is 6.09 Å². The van der Waals surface area contributed by atoms with E-state index in [-0.39, 0.29) is 6.61 Å². The fraction of sp³-hybridized carbons (Fsp3) is 0.500. The molecule has 0 radical (unpaired) electrons. The fourth-order valence-corrected chi connectivity index (χ4v) is 3.09. The number of nitrogens with zero attached hydrogens (tertiary/aromatic N) is 1. The van der Waals surface area contributed by atoms with Crippen molar-refractivity contribution in [3.8, 4) is 5.75 Å². The number of carbonyl (C=O) groups is 1. The van der Waals surface area contributed by atoms with Gasteiger partial charge in [-0.25, -0.2) is 4.79 Å². The first-order valence-electron chi connectivity index (χ1n) is 6.72. The molecule has 0 aliphatic carbocycles. The number of fused-ring (bicyclic) bond motifs is 1. The molecule has 6 nitrogen and oxygen atoms in total. The lowest BCUT2D eigenvalue weighted by molar-refractivity contribution is -0.194. The van der Waals surface area contributed by atoms with E-state index in [0.29, 0.717) is 25.3 Å². The van der Waals surface area contributed by atoms with Gasteiger partial charge in [0.25, 0.3) is 0 Å². The Labute approximate surface area is 116 Å². The summed E-state index contributed by atoms with van der Waals surface area (Å²) in [6.45, 7) is 0.567. The van der Waals surface area contributed by atoms with E-state index in [1.807, 2.05) is 12.1 Å². The lowest BCUT2D eigenvalue weighted by Gasteiger charge is -2.45. The van der Waals surface area contributed by atoms with E-state index >= 15 is 0 Å². The Kier molecular flexibility index (Phi) is 3.27. The summed E-state index contributed by atoms with van der Waals surface area (Å²) >= 11 is 0. The highest BCUT2D eigenvalue weighted by Gasteiger charge is 2.43. The van der Waals surface area contributed by atoms with Gasteiger partial charge in [-0.2, -0.15) is 4.89 Å². The van der Waals surface area contributed by atoms with E-state index < -0.39 is 11.6 Å². The molecule has 2 N–H and O–H groups in total. The van der Waals surface area contributed by atoms with E-state index in [0.717, 1.165) is 24.0 Å². The lowest BCUT2D eigenvalue weighted by atomic mass is 9.80. The average molecular weight is 279 g/mol. The molecule has 1 unspecified atom stereocenters. The summed E-state index contributed by atoms with van der Waals surface area (Å²) in [6.07, 6.45) is 1.35. The summed E-state index contributed by atoms with van der Waals surface area (Å²) in [5, 5.41) is 19.3. The van der Waals surface area contributed by atoms with Crippen molar-refractivity contribution in [2.75, 3.05) is 13.2 Å². The van der Waals surface area contributed by atoms with E-state index in [2.05, 4.69) is 0 Å². The smallest absolute Gasteiger partial charge is 0.408 e. The Balaban J connectivity index is 2.04. The van der Waals surface area contributed by atoms with Crippen LogP contribution in [0.3, 0.4) is 0 Å². The molecule has 0 spiro atoms. The summed E-state index contributed by atoms with van der Waals surface area (Å²) in [4.78, 5) is 22.8. The fourth-order valence-electron chi connectivity index (χ4n) is 3.09. The van der Waals surface area contributed by atoms with Crippen LogP contribution in [0, 0.1) is 0 Å². The van der Waals surface area contributed by atoms with Crippen molar-refractivity contribution in [3.63, 3.8) is 0 Å². The Morgan fingerprint density at radius 2 is 2.25 bits per heavy atom. The standard InChI is InChI=1S/C14H17NO5/c16-9-14(5-1-2-6-15(14)13(17)18)11-3-4-12-10(7-11)8-19-20-12/h3-4,7,16H,1-2,5-6,8-9H2,(H,17,18). The third-order valence-electron chi connectivity index (χ3n) is 4.19. The normalized spacial score (nSPS) is 25.1. The number of rotatable bonds is 2. The highest BCUT2D eigenvalue weighted by Crippen LogP contribution is 2.40. The predicted molar refractivity (Wildman–Crippen MR) is 69.2 cm³/mol. The van der Waals surface area contributed by atoms with Crippen molar-refractivity contribution in [2.24, 2.45) is 0 Å². The summed E-state index contributed by atoms with van der Waals surface area (Å²) in [7, 11) is 0. The number of aliphatic hydroxyl groups is 1. The second kappa shape index (κ2) is 4.96. The Morgan fingerprint density at radius 1 is 1.40 bits per heavy atom. The number of carboxylic acid groups (broad SMARTS) is 1. The van der Waals surface area contributed by atoms with Gasteiger partial charge in [-0.3, -0.25) is 4.90 Å². The maximum atomic E-state index is 11.5. The van der Waals surface area contributed by atoms with Crippen molar-refractivity contribution in [1.29, 1.82) is 0 Å². The van der Waals surface area contributed by atoms with Gasteiger partial charge in [-0.15, -0.1) is 0 Å². The molecule has 6 heteroatoms. The highest BCUT2D eigenvalue weighted by atomic mass is 17.2. The van der Waals surface area contributed by atoms with Gasteiger partial charge in [0.15, 0.2) is 5.75 Å². The molecule has 2 aliphatic heterocycles. The molecule has 1 atom stereocenters. The Bertz CT molecular complexity index is 532. The minimum atomic E-state index is -0.994. The number of hydrogen-bond donors (Lipinski definition) is 2. The number of likely N-dealkylation sites (tertiary alicyclic amines) is 1. The van der Waals surface area contributed by atoms with Gasteiger partial charge in [0.1, 0.15) is 6.61 Å². The van der Waals surface area contributed by atoms with Crippen LogP contribution < -0.4 is 4.89 Å². The van der Waals surface area contributed by atoms with Crippen LogP contribution in [0.2, 0.25) is 0 Å². The second-order valence-corrected chi connectivity index (χ2v) is 5.25. The van der Waals surface area contributed by atoms with E-state index in [4.69, 9.17) is 9.78 Å². The van der Waals surface area contributed by atoms with Crippen molar-refractivity contribution in [3.05, 3.63) is 29.3 Å².